The van der Waals surface area contributed by atoms with Gasteiger partial charge in [0, 0.05) is 12.7 Å². The van der Waals surface area contributed by atoms with E-state index >= 15 is 0 Å². The van der Waals surface area contributed by atoms with Crippen LogP contribution in [0.5, 0.6) is 0 Å². The molecule has 0 radical (unpaired) electrons. The van der Waals surface area contributed by atoms with Gasteiger partial charge in [0.15, 0.2) is 0 Å². The van der Waals surface area contributed by atoms with E-state index in [0.717, 1.165) is 6.20 Å². The van der Waals surface area contributed by atoms with Crippen LogP contribution in [0.4, 0.5) is 8.78 Å². The van der Waals surface area contributed by atoms with Crippen molar-refractivity contribution < 1.29 is 21.9 Å². The highest BCUT2D eigenvalue weighted by Gasteiger charge is 2.14. The second kappa shape index (κ2) is 5.87. The van der Waals surface area contributed by atoms with Gasteiger partial charge < -0.3 is 4.74 Å². The van der Waals surface area contributed by atoms with Crippen LogP contribution in [-0.2, 0) is 14.8 Å². The van der Waals surface area contributed by atoms with Crippen molar-refractivity contribution in [2.75, 3.05) is 19.8 Å². The highest BCUT2D eigenvalue weighted by atomic mass is 32.2. The minimum Gasteiger partial charge on any atom is -0.374 e. The maximum atomic E-state index is 11.6. The fraction of sp³-hybridized carbons (Fsp3) is 0.571. The van der Waals surface area contributed by atoms with E-state index in [2.05, 4.69) is 19.7 Å². The van der Waals surface area contributed by atoms with Gasteiger partial charge in [-0.15, -0.1) is 0 Å². The third kappa shape index (κ3) is 4.21. The molecule has 1 aromatic rings. The van der Waals surface area contributed by atoms with Gasteiger partial charge in [0.1, 0.15) is 11.5 Å². The maximum absolute atomic E-state index is 11.6. The Hall–Kier alpha value is -1.06. The van der Waals surface area contributed by atoms with Crippen molar-refractivity contribution in [3.8, 4) is 0 Å². The summed E-state index contributed by atoms with van der Waals surface area (Å²) in [5, 5.41) is 5.83. The Bertz CT molecular complexity index is 393. The van der Waals surface area contributed by atoms with Gasteiger partial charge in [-0.25, -0.2) is 21.9 Å². The van der Waals surface area contributed by atoms with Crippen molar-refractivity contribution in [2.45, 2.75) is 11.3 Å². The van der Waals surface area contributed by atoms with Crippen LogP contribution in [-0.4, -0.2) is 44.8 Å². The minimum absolute atomic E-state index is 0.0126. The maximum Gasteiger partial charge on any atom is 0.261 e. The second-order valence-corrected chi connectivity index (χ2v) is 4.56. The van der Waals surface area contributed by atoms with E-state index < -0.39 is 23.1 Å². The van der Waals surface area contributed by atoms with Gasteiger partial charge in [-0.1, -0.05) is 0 Å². The monoisotopic (exact) mass is 255 g/mol. The fourth-order valence-electron chi connectivity index (χ4n) is 0.890. The van der Waals surface area contributed by atoms with Crippen LogP contribution >= 0.6 is 0 Å². The van der Waals surface area contributed by atoms with Crippen LogP contribution in [0.15, 0.2) is 17.3 Å². The van der Waals surface area contributed by atoms with Crippen molar-refractivity contribution in [3.05, 3.63) is 12.4 Å². The quantitative estimate of drug-likeness (QED) is 0.670. The first-order valence-corrected chi connectivity index (χ1v) is 5.85. The van der Waals surface area contributed by atoms with E-state index in [9.17, 15) is 17.2 Å². The topological polar surface area (TPSA) is 84.1 Å². The molecule has 0 saturated heterocycles. The number of alkyl halides is 2. The first-order valence-electron chi connectivity index (χ1n) is 4.37. The Morgan fingerprint density at radius 1 is 1.56 bits per heavy atom. The number of ether oxygens (including phenoxy) is 1. The lowest BCUT2D eigenvalue weighted by Crippen LogP contribution is -2.27. The summed E-state index contributed by atoms with van der Waals surface area (Å²) in [6.07, 6.45) is -0.199. The molecule has 2 N–H and O–H groups in total. The highest BCUT2D eigenvalue weighted by molar-refractivity contribution is 7.89. The average molecular weight is 255 g/mol. The molecule has 0 bridgehead atoms. The molecule has 92 valence electrons. The number of sulfonamides is 1. The lowest BCUT2D eigenvalue weighted by atomic mass is 10.7. The Balaban J connectivity index is 2.28. The number of hydrogen-bond donors (Lipinski definition) is 2. The number of H-pyrrole nitrogens is 1. The summed E-state index contributed by atoms with van der Waals surface area (Å²) < 4.78 is 52.8. The van der Waals surface area contributed by atoms with Gasteiger partial charge in [-0.2, -0.15) is 5.10 Å². The molecule has 1 rings (SSSR count). The summed E-state index contributed by atoms with van der Waals surface area (Å²) >= 11 is 0. The van der Waals surface area contributed by atoms with Crippen LogP contribution in [0.2, 0.25) is 0 Å². The Labute approximate surface area is 91.0 Å². The molecule has 9 heteroatoms. The van der Waals surface area contributed by atoms with E-state index in [1.165, 1.54) is 6.20 Å². The van der Waals surface area contributed by atoms with E-state index in [1.807, 2.05) is 0 Å². The average Bonchev–Trinajstić information content (AvgIpc) is 2.69. The molecule has 0 atom stereocenters. The molecule has 0 fully saturated rings. The van der Waals surface area contributed by atoms with Crippen LogP contribution in [0.25, 0.3) is 0 Å². The standard InChI is InChI=1S/C7H11F2N3O3S/c8-7(9)5-15-2-1-12-16(13,14)6-3-10-11-4-6/h3-4,7,12H,1-2,5H2,(H,10,11). The van der Waals surface area contributed by atoms with Crippen LogP contribution in [0, 0.1) is 0 Å². The smallest absolute Gasteiger partial charge is 0.261 e. The highest BCUT2D eigenvalue weighted by Crippen LogP contribution is 2.03. The summed E-state index contributed by atoms with van der Waals surface area (Å²) in [5.41, 5.74) is 0. The fourth-order valence-corrected chi connectivity index (χ4v) is 1.81. The lowest BCUT2D eigenvalue weighted by Gasteiger charge is -2.05. The number of rotatable bonds is 7. The van der Waals surface area contributed by atoms with Gasteiger partial charge in [0.2, 0.25) is 10.0 Å². The van der Waals surface area contributed by atoms with Gasteiger partial charge in [-0.05, 0) is 0 Å². The molecule has 0 saturated carbocycles. The zero-order valence-corrected chi connectivity index (χ0v) is 9.01. The summed E-state index contributed by atoms with van der Waals surface area (Å²) in [6, 6.07) is 0. The number of nitrogens with zero attached hydrogens (tertiary/aromatic N) is 1. The molecular formula is C7H11F2N3O3S. The van der Waals surface area contributed by atoms with Crippen LogP contribution in [0.1, 0.15) is 0 Å². The number of nitrogens with one attached hydrogen (secondary N) is 2. The Kier molecular flexibility index (Phi) is 4.77. The lowest BCUT2D eigenvalue weighted by molar-refractivity contribution is 0.0199. The molecule has 16 heavy (non-hydrogen) atoms. The van der Waals surface area contributed by atoms with Gasteiger partial charge in [-0.3, -0.25) is 5.10 Å². The number of aromatic nitrogens is 2. The minimum atomic E-state index is -3.63. The summed E-state index contributed by atoms with van der Waals surface area (Å²) in [4.78, 5) is -0.0126. The first-order chi connectivity index (χ1) is 7.52. The molecule has 1 aromatic heterocycles. The molecule has 1 heterocycles. The normalized spacial score (nSPS) is 12.2. The molecule has 6 nitrogen and oxygen atoms in total. The predicted octanol–water partition coefficient (Wildman–Crippen LogP) is -0.0303. The molecular weight excluding hydrogens is 244 g/mol. The second-order valence-electron chi connectivity index (χ2n) is 2.80. The van der Waals surface area contributed by atoms with E-state index in [1.54, 1.807) is 0 Å². The Morgan fingerprint density at radius 3 is 2.88 bits per heavy atom. The van der Waals surface area contributed by atoms with Gasteiger partial charge in [0.05, 0.1) is 12.8 Å². The SMILES string of the molecule is O=S(=O)(NCCOCC(F)F)c1cn[nH]c1. The molecule has 0 amide bonds. The number of hydrogen-bond acceptors (Lipinski definition) is 4. The van der Waals surface area contributed by atoms with Gasteiger partial charge >= 0.3 is 0 Å². The largest absolute Gasteiger partial charge is 0.374 e. The summed E-state index contributed by atoms with van der Waals surface area (Å²) in [7, 11) is -3.63. The van der Waals surface area contributed by atoms with Crippen molar-refractivity contribution in [1.29, 1.82) is 0 Å². The van der Waals surface area contributed by atoms with Crippen molar-refractivity contribution in [1.82, 2.24) is 14.9 Å². The van der Waals surface area contributed by atoms with E-state index in [4.69, 9.17) is 0 Å². The summed E-state index contributed by atoms with van der Waals surface area (Å²) in [5.74, 6) is 0. The molecule has 0 aliphatic carbocycles. The first kappa shape index (κ1) is 13.0. The molecule has 0 spiro atoms. The van der Waals surface area contributed by atoms with Crippen molar-refractivity contribution in [2.24, 2.45) is 0 Å². The van der Waals surface area contributed by atoms with Crippen LogP contribution < -0.4 is 4.72 Å². The number of aromatic amines is 1. The van der Waals surface area contributed by atoms with Crippen molar-refractivity contribution >= 4 is 10.0 Å². The number of halogens is 2. The molecule has 0 aliphatic rings. The third-order valence-corrected chi connectivity index (χ3v) is 2.99. The predicted molar refractivity (Wildman–Crippen MR) is 50.6 cm³/mol. The molecule has 0 aromatic carbocycles. The zero-order chi connectivity index (χ0) is 12.0. The van der Waals surface area contributed by atoms with E-state index in [-0.39, 0.29) is 18.0 Å². The van der Waals surface area contributed by atoms with Crippen molar-refractivity contribution in [3.63, 3.8) is 0 Å². The van der Waals surface area contributed by atoms with Gasteiger partial charge in [0.25, 0.3) is 6.43 Å². The molecule has 0 aliphatic heterocycles. The van der Waals surface area contributed by atoms with E-state index in [0.29, 0.717) is 0 Å². The molecule has 0 unspecified atom stereocenters. The summed E-state index contributed by atoms with van der Waals surface area (Å²) in [6.45, 7) is -0.880. The Morgan fingerprint density at radius 2 is 2.31 bits per heavy atom. The van der Waals surface area contributed by atoms with Crippen LogP contribution in [0.3, 0.4) is 0 Å². The zero-order valence-electron chi connectivity index (χ0n) is 8.19. The third-order valence-electron chi connectivity index (χ3n) is 1.57.